The minimum Gasteiger partial charge on any atom is -0.508 e. The Bertz CT molecular complexity index is 1210. The highest BCUT2D eigenvalue weighted by molar-refractivity contribution is 5.99. The Morgan fingerprint density at radius 1 is 1.17 bits per heavy atom. The van der Waals surface area contributed by atoms with Crippen LogP contribution in [0.4, 0.5) is 11.6 Å². The third-order valence-corrected chi connectivity index (χ3v) is 5.39. The Labute approximate surface area is 170 Å². The summed E-state index contributed by atoms with van der Waals surface area (Å²) < 4.78 is 1.65. The molecule has 2 aliphatic rings. The van der Waals surface area contributed by atoms with Crippen LogP contribution in [-0.4, -0.2) is 30.6 Å². The van der Waals surface area contributed by atoms with Gasteiger partial charge in [0, 0.05) is 35.4 Å². The Morgan fingerprint density at radius 3 is 2.70 bits per heavy atom. The van der Waals surface area contributed by atoms with Gasteiger partial charge in [-0.15, -0.1) is 5.10 Å². The van der Waals surface area contributed by atoms with Crippen LogP contribution >= 0.6 is 0 Å². The number of aromatic nitrogens is 3. The van der Waals surface area contributed by atoms with Gasteiger partial charge in [-0.3, -0.25) is 14.9 Å². The molecule has 150 valence electrons. The van der Waals surface area contributed by atoms with Crippen LogP contribution < -0.4 is 5.32 Å². The molecule has 5 rings (SSSR count). The zero-order chi connectivity index (χ0) is 20.8. The molecule has 9 heteroatoms. The molecule has 0 fully saturated rings. The highest BCUT2D eigenvalue weighted by Crippen LogP contribution is 2.41. The van der Waals surface area contributed by atoms with Gasteiger partial charge in [0.1, 0.15) is 11.8 Å². The number of fused-ring (bicyclic) bond motifs is 1. The van der Waals surface area contributed by atoms with Crippen LogP contribution in [0.15, 0.2) is 59.8 Å². The highest BCUT2D eigenvalue weighted by Gasteiger charge is 2.37. The molecular weight excluding hydrogens is 386 g/mol. The van der Waals surface area contributed by atoms with Crippen molar-refractivity contribution in [3.63, 3.8) is 0 Å². The molecule has 2 heterocycles. The van der Waals surface area contributed by atoms with Gasteiger partial charge in [-0.25, -0.2) is 4.68 Å². The Hall–Kier alpha value is -4.01. The maximum Gasteiger partial charge on any atom is 0.269 e. The molecule has 1 aromatic heterocycles. The number of Topliss-reactive ketones (excluding diaryl/α,β-unsaturated/α-hetero) is 1. The summed E-state index contributed by atoms with van der Waals surface area (Å²) in [7, 11) is 0. The quantitative estimate of drug-likeness (QED) is 0.506. The molecule has 1 unspecified atom stereocenters. The van der Waals surface area contributed by atoms with E-state index in [4.69, 9.17) is 0 Å². The van der Waals surface area contributed by atoms with E-state index in [1.807, 2.05) is 6.07 Å². The normalized spacial score (nSPS) is 17.9. The van der Waals surface area contributed by atoms with E-state index in [-0.39, 0.29) is 17.2 Å². The van der Waals surface area contributed by atoms with Crippen molar-refractivity contribution in [3.05, 3.63) is 75.5 Å². The number of hydrogen-bond donors (Lipinski definition) is 2. The summed E-state index contributed by atoms with van der Waals surface area (Å²) in [6.07, 6.45) is 1.96. The van der Waals surface area contributed by atoms with Crippen LogP contribution in [0.3, 0.4) is 0 Å². The number of anilines is 1. The van der Waals surface area contributed by atoms with Gasteiger partial charge in [-0.2, -0.15) is 4.98 Å². The number of non-ortho nitro benzene ring substituents is 1. The highest BCUT2D eigenvalue weighted by atomic mass is 16.6. The van der Waals surface area contributed by atoms with Crippen molar-refractivity contribution in [1.82, 2.24) is 14.8 Å². The molecule has 3 aromatic rings. The summed E-state index contributed by atoms with van der Waals surface area (Å²) >= 11 is 0. The van der Waals surface area contributed by atoms with E-state index in [0.29, 0.717) is 29.3 Å². The number of hydrogen-bond acceptors (Lipinski definition) is 7. The molecule has 1 atom stereocenters. The zero-order valence-electron chi connectivity index (χ0n) is 15.8. The second kappa shape index (κ2) is 6.80. The van der Waals surface area contributed by atoms with E-state index in [2.05, 4.69) is 15.4 Å². The SMILES string of the molecule is O=C1CCCC2=C1C(c1cccc(O)c1)n1nc(-c3ccc([N+](=O)[O-])cc3)nc1N2. The predicted octanol–water partition coefficient (Wildman–Crippen LogP) is 3.58. The van der Waals surface area contributed by atoms with E-state index >= 15 is 0 Å². The van der Waals surface area contributed by atoms with Crippen LogP contribution in [0.1, 0.15) is 30.9 Å². The number of carbonyl (C=O) groups excluding carboxylic acids is 1. The minimum atomic E-state index is -0.504. The van der Waals surface area contributed by atoms with Crippen molar-refractivity contribution in [2.24, 2.45) is 0 Å². The first kappa shape index (κ1) is 18.0. The number of phenols is 1. The predicted molar refractivity (Wildman–Crippen MR) is 108 cm³/mol. The average molecular weight is 403 g/mol. The van der Waals surface area contributed by atoms with Crippen molar-refractivity contribution in [2.45, 2.75) is 25.3 Å². The van der Waals surface area contributed by atoms with Crippen LogP contribution in [0.2, 0.25) is 0 Å². The molecule has 0 spiro atoms. The Kier molecular flexibility index (Phi) is 4.09. The third-order valence-electron chi connectivity index (χ3n) is 5.39. The van der Waals surface area contributed by atoms with Crippen molar-refractivity contribution >= 4 is 17.4 Å². The molecule has 1 aliphatic carbocycles. The van der Waals surface area contributed by atoms with E-state index in [0.717, 1.165) is 24.1 Å². The molecule has 9 nitrogen and oxygen atoms in total. The second-order valence-corrected chi connectivity index (χ2v) is 7.30. The van der Waals surface area contributed by atoms with E-state index < -0.39 is 11.0 Å². The number of rotatable bonds is 3. The van der Waals surface area contributed by atoms with E-state index in [9.17, 15) is 20.0 Å². The fourth-order valence-corrected chi connectivity index (χ4v) is 4.01. The standard InChI is InChI=1S/C21H17N5O4/c27-15-4-1-3-13(11-15)19-18-16(5-2-6-17(18)28)22-21-23-20(24-25(19)21)12-7-9-14(10-8-12)26(29)30/h1,3-4,7-11,19,27H,2,5-6H2,(H,22,23,24). The maximum absolute atomic E-state index is 12.8. The molecule has 0 bridgehead atoms. The summed E-state index contributed by atoms with van der Waals surface area (Å²) in [5.74, 6) is 1.04. The number of nitro groups is 1. The van der Waals surface area contributed by atoms with Crippen molar-refractivity contribution in [2.75, 3.05) is 5.32 Å². The van der Waals surface area contributed by atoms with Gasteiger partial charge in [0.25, 0.3) is 5.69 Å². The van der Waals surface area contributed by atoms with Crippen LogP contribution in [0.25, 0.3) is 11.4 Å². The third kappa shape index (κ3) is 2.91. The lowest BCUT2D eigenvalue weighted by Crippen LogP contribution is -2.31. The smallest absolute Gasteiger partial charge is 0.269 e. The first-order valence-electron chi connectivity index (χ1n) is 9.55. The maximum atomic E-state index is 12.8. The Balaban J connectivity index is 1.63. The fourth-order valence-electron chi connectivity index (χ4n) is 4.01. The molecule has 0 saturated heterocycles. The molecule has 0 amide bonds. The number of aromatic hydroxyl groups is 1. The summed E-state index contributed by atoms with van der Waals surface area (Å²) in [6, 6.07) is 12.3. The number of ketones is 1. The lowest BCUT2D eigenvalue weighted by molar-refractivity contribution is -0.384. The molecule has 1 aliphatic heterocycles. The summed E-state index contributed by atoms with van der Waals surface area (Å²) in [6.45, 7) is 0. The van der Waals surface area contributed by atoms with Gasteiger partial charge >= 0.3 is 0 Å². The summed E-state index contributed by atoms with van der Waals surface area (Å²) in [5.41, 5.74) is 2.82. The molecule has 30 heavy (non-hydrogen) atoms. The Morgan fingerprint density at radius 2 is 1.97 bits per heavy atom. The van der Waals surface area contributed by atoms with Gasteiger partial charge in [0.05, 0.1) is 4.92 Å². The monoisotopic (exact) mass is 403 g/mol. The second-order valence-electron chi connectivity index (χ2n) is 7.30. The number of nitrogens with one attached hydrogen (secondary N) is 1. The van der Waals surface area contributed by atoms with Crippen LogP contribution in [-0.2, 0) is 4.79 Å². The van der Waals surface area contributed by atoms with Gasteiger partial charge in [-0.1, -0.05) is 12.1 Å². The van der Waals surface area contributed by atoms with Gasteiger partial charge in [-0.05, 0) is 42.7 Å². The molecule has 0 radical (unpaired) electrons. The molecule has 0 saturated carbocycles. The summed E-state index contributed by atoms with van der Waals surface area (Å²) in [4.78, 5) is 27.8. The number of allylic oxidation sites excluding steroid dienone is 2. The lowest BCUT2D eigenvalue weighted by atomic mass is 9.85. The van der Waals surface area contributed by atoms with Crippen LogP contribution in [0, 0.1) is 10.1 Å². The zero-order valence-corrected chi connectivity index (χ0v) is 15.8. The minimum absolute atomic E-state index is 0.0128. The van der Waals surface area contributed by atoms with Gasteiger partial charge in [0.2, 0.25) is 5.95 Å². The average Bonchev–Trinajstić information content (AvgIpc) is 3.16. The van der Waals surface area contributed by atoms with E-state index in [1.165, 1.54) is 12.1 Å². The largest absolute Gasteiger partial charge is 0.508 e. The summed E-state index contributed by atoms with van der Waals surface area (Å²) in [5, 5.41) is 28.8. The van der Waals surface area contributed by atoms with Gasteiger partial charge < -0.3 is 10.4 Å². The number of carbonyl (C=O) groups is 1. The van der Waals surface area contributed by atoms with E-state index in [1.54, 1.807) is 35.0 Å². The topological polar surface area (TPSA) is 123 Å². The number of phenolic OH excluding ortho intramolecular Hbond substituents is 1. The molecule has 2 aromatic carbocycles. The molecule has 2 N–H and O–H groups in total. The van der Waals surface area contributed by atoms with Crippen LogP contribution in [0.5, 0.6) is 5.75 Å². The van der Waals surface area contributed by atoms with Gasteiger partial charge in [0.15, 0.2) is 11.6 Å². The first-order chi connectivity index (χ1) is 14.5. The number of nitrogens with zero attached hydrogens (tertiary/aromatic N) is 4. The number of benzene rings is 2. The number of nitro benzene ring substituents is 1. The fraction of sp³-hybridized carbons (Fsp3) is 0.190. The lowest BCUT2D eigenvalue weighted by Gasteiger charge is -2.32. The van der Waals surface area contributed by atoms with Crippen molar-refractivity contribution in [1.29, 1.82) is 0 Å². The molecular formula is C21H17N5O4. The van der Waals surface area contributed by atoms with Crippen molar-refractivity contribution in [3.8, 4) is 17.1 Å². The first-order valence-corrected chi connectivity index (χ1v) is 9.55. The van der Waals surface area contributed by atoms with Crippen molar-refractivity contribution < 1.29 is 14.8 Å².